The number of sulfonamides is 1. The first-order chi connectivity index (χ1) is 12.6. The second-order valence-corrected chi connectivity index (χ2v) is 9.99. The number of hydrogen-bond acceptors (Lipinski definition) is 4. The van der Waals surface area contributed by atoms with E-state index in [0.717, 1.165) is 31.3 Å². The van der Waals surface area contributed by atoms with Gasteiger partial charge in [0.2, 0.25) is 10.0 Å². The van der Waals surface area contributed by atoms with E-state index in [1.165, 1.54) is 45.3 Å². The van der Waals surface area contributed by atoms with Gasteiger partial charge in [-0.2, -0.15) is 0 Å². The molecule has 4 aliphatic rings. The number of piperidine rings is 4. The van der Waals surface area contributed by atoms with Gasteiger partial charge >= 0.3 is 0 Å². The summed E-state index contributed by atoms with van der Waals surface area (Å²) in [6, 6.07) is 9.05. The zero-order valence-electron chi connectivity index (χ0n) is 15.5. The number of benzene rings is 1. The summed E-state index contributed by atoms with van der Waals surface area (Å²) >= 11 is 0. The van der Waals surface area contributed by atoms with E-state index in [4.69, 9.17) is 0 Å². The largest absolute Gasteiger partial charge is 0.303 e. The molecular formula is C20H31N3O2S. The minimum absolute atomic E-state index is 0.352. The molecule has 1 unspecified atom stereocenters. The van der Waals surface area contributed by atoms with Crippen molar-refractivity contribution in [2.75, 3.05) is 39.3 Å². The number of rotatable bonds is 6. The van der Waals surface area contributed by atoms with Crippen LogP contribution >= 0.6 is 0 Å². The van der Waals surface area contributed by atoms with Gasteiger partial charge in [0.25, 0.3) is 0 Å². The van der Waals surface area contributed by atoms with E-state index in [2.05, 4.69) is 14.5 Å². The van der Waals surface area contributed by atoms with Crippen molar-refractivity contribution in [2.45, 2.75) is 43.0 Å². The standard InChI is InChI=1S/C20H31N3O2S/c24-26(25,20-7-3-1-4-8-20)21-14-19-13-17-9-12-23(19)16-18(17)15-22-10-5-2-6-11-22/h1,3-4,7-8,17-19,21H,2,5-6,9-16H2/t17-,18-,19+/m0/s1. The molecule has 2 bridgehead atoms. The van der Waals surface area contributed by atoms with Crippen LogP contribution in [0.4, 0.5) is 0 Å². The molecular weight excluding hydrogens is 346 g/mol. The Hall–Kier alpha value is -0.950. The van der Waals surface area contributed by atoms with E-state index in [-0.39, 0.29) is 0 Å². The topological polar surface area (TPSA) is 52.7 Å². The summed E-state index contributed by atoms with van der Waals surface area (Å²) in [5, 5.41) is 0. The summed E-state index contributed by atoms with van der Waals surface area (Å²) in [4.78, 5) is 5.55. The fourth-order valence-electron chi connectivity index (χ4n) is 5.03. The molecule has 0 aliphatic carbocycles. The van der Waals surface area contributed by atoms with Gasteiger partial charge in [0.15, 0.2) is 0 Å². The van der Waals surface area contributed by atoms with Gasteiger partial charge in [0, 0.05) is 25.7 Å². The quantitative estimate of drug-likeness (QED) is 0.825. The molecule has 4 aliphatic heterocycles. The van der Waals surface area contributed by atoms with Gasteiger partial charge in [-0.25, -0.2) is 13.1 Å². The van der Waals surface area contributed by atoms with Crippen LogP contribution in [0.5, 0.6) is 0 Å². The van der Waals surface area contributed by atoms with Crippen LogP contribution in [0.25, 0.3) is 0 Å². The molecule has 0 spiro atoms. The Labute approximate surface area is 157 Å². The SMILES string of the molecule is O=S(=O)(NC[C@H]1C[C@@H]2CCN1C[C@@H]2CN1CCCCC1)c1ccccc1. The molecule has 5 nitrogen and oxygen atoms in total. The van der Waals surface area contributed by atoms with Crippen LogP contribution in [-0.4, -0.2) is 63.5 Å². The van der Waals surface area contributed by atoms with Crippen molar-refractivity contribution >= 4 is 10.0 Å². The minimum Gasteiger partial charge on any atom is -0.303 e. The highest BCUT2D eigenvalue weighted by atomic mass is 32.2. The number of likely N-dealkylation sites (tertiary alicyclic amines) is 1. The van der Waals surface area contributed by atoms with Crippen molar-refractivity contribution < 1.29 is 8.42 Å². The molecule has 4 heterocycles. The summed E-state index contributed by atoms with van der Waals surface area (Å²) in [6.45, 7) is 6.57. The van der Waals surface area contributed by atoms with Gasteiger partial charge in [-0.15, -0.1) is 0 Å². The number of nitrogens with one attached hydrogen (secondary N) is 1. The molecule has 4 saturated heterocycles. The third-order valence-corrected chi connectivity index (χ3v) is 7.96. The third kappa shape index (κ3) is 4.14. The van der Waals surface area contributed by atoms with Crippen LogP contribution in [-0.2, 0) is 10.0 Å². The maximum absolute atomic E-state index is 12.5. The molecule has 144 valence electrons. The van der Waals surface area contributed by atoms with Crippen molar-refractivity contribution in [3.8, 4) is 0 Å². The average Bonchev–Trinajstić information content (AvgIpc) is 2.69. The fraction of sp³-hybridized carbons (Fsp3) is 0.700. The first-order valence-electron chi connectivity index (χ1n) is 10.1. The summed E-state index contributed by atoms with van der Waals surface area (Å²) in [5.41, 5.74) is 0. The van der Waals surface area contributed by atoms with Crippen LogP contribution in [0.15, 0.2) is 35.2 Å². The zero-order valence-corrected chi connectivity index (χ0v) is 16.3. The number of nitrogens with zero attached hydrogens (tertiary/aromatic N) is 2. The lowest BCUT2D eigenvalue weighted by molar-refractivity contribution is -0.0122. The Bertz CT molecular complexity index is 688. The lowest BCUT2D eigenvalue weighted by atomic mass is 9.75. The van der Waals surface area contributed by atoms with Crippen LogP contribution < -0.4 is 4.72 Å². The lowest BCUT2D eigenvalue weighted by Crippen LogP contribution is -2.58. The smallest absolute Gasteiger partial charge is 0.240 e. The number of fused-ring (bicyclic) bond motifs is 3. The summed E-state index contributed by atoms with van der Waals surface area (Å²) < 4.78 is 27.8. The van der Waals surface area contributed by atoms with E-state index >= 15 is 0 Å². The second kappa shape index (κ2) is 7.97. The van der Waals surface area contributed by atoms with Gasteiger partial charge in [0.1, 0.15) is 0 Å². The third-order valence-electron chi connectivity index (χ3n) is 6.52. The lowest BCUT2D eigenvalue weighted by Gasteiger charge is -2.51. The van der Waals surface area contributed by atoms with Crippen molar-refractivity contribution in [2.24, 2.45) is 11.8 Å². The molecule has 1 aromatic rings. The van der Waals surface area contributed by atoms with Crippen LogP contribution in [0.1, 0.15) is 32.1 Å². The second-order valence-electron chi connectivity index (χ2n) is 8.22. The summed E-state index contributed by atoms with van der Waals surface area (Å²) in [5.74, 6) is 1.52. The van der Waals surface area contributed by atoms with Gasteiger partial charge in [-0.1, -0.05) is 24.6 Å². The van der Waals surface area contributed by atoms with E-state index in [1.54, 1.807) is 24.3 Å². The molecule has 4 fully saturated rings. The Morgan fingerprint density at radius 2 is 1.81 bits per heavy atom. The fourth-order valence-corrected chi connectivity index (χ4v) is 6.13. The Balaban J connectivity index is 1.32. The van der Waals surface area contributed by atoms with Crippen LogP contribution in [0.3, 0.4) is 0 Å². The Morgan fingerprint density at radius 3 is 2.50 bits per heavy atom. The monoisotopic (exact) mass is 377 g/mol. The van der Waals surface area contributed by atoms with E-state index in [9.17, 15) is 8.42 Å². The Kier molecular flexibility index (Phi) is 5.64. The summed E-state index contributed by atoms with van der Waals surface area (Å²) in [7, 11) is -3.40. The highest BCUT2D eigenvalue weighted by Gasteiger charge is 2.40. The maximum atomic E-state index is 12.5. The van der Waals surface area contributed by atoms with E-state index in [1.807, 2.05) is 6.07 Å². The van der Waals surface area contributed by atoms with Crippen molar-refractivity contribution in [3.05, 3.63) is 30.3 Å². The van der Waals surface area contributed by atoms with Crippen LogP contribution in [0, 0.1) is 11.8 Å². The normalized spacial score (nSPS) is 32.6. The maximum Gasteiger partial charge on any atom is 0.240 e. The van der Waals surface area contributed by atoms with Gasteiger partial charge in [-0.3, -0.25) is 4.90 Å². The molecule has 1 aromatic carbocycles. The van der Waals surface area contributed by atoms with Crippen molar-refractivity contribution in [3.63, 3.8) is 0 Å². The van der Waals surface area contributed by atoms with Crippen molar-refractivity contribution in [1.82, 2.24) is 14.5 Å². The minimum atomic E-state index is -3.40. The van der Waals surface area contributed by atoms with Gasteiger partial charge in [-0.05, 0) is 69.3 Å². The van der Waals surface area contributed by atoms with Gasteiger partial charge in [0.05, 0.1) is 4.90 Å². The summed E-state index contributed by atoms with van der Waals surface area (Å²) in [6.07, 6.45) is 6.51. The molecule has 26 heavy (non-hydrogen) atoms. The van der Waals surface area contributed by atoms with E-state index < -0.39 is 10.0 Å². The van der Waals surface area contributed by atoms with Crippen LogP contribution in [0.2, 0.25) is 0 Å². The zero-order chi connectivity index (χ0) is 18.0. The predicted molar refractivity (Wildman–Crippen MR) is 103 cm³/mol. The van der Waals surface area contributed by atoms with Crippen molar-refractivity contribution in [1.29, 1.82) is 0 Å². The average molecular weight is 378 g/mol. The molecule has 0 amide bonds. The number of hydrogen-bond donors (Lipinski definition) is 1. The highest BCUT2D eigenvalue weighted by molar-refractivity contribution is 7.89. The molecule has 0 radical (unpaired) electrons. The Morgan fingerprint density at radius 1 is 1.04 bits per heavy atom. The molecule has 1 N–H and O–H groups in total. The molecule has 0 aromatic heterocycles. The highest BCUT2D eigenvalue weighted by Crippen LogP contribution is 2.36. The first-order valence-corrected chi connectivity index (χ1v) is 11.6. The molecule has 6 heteroatoms. The first kappa shape index (κ1) is 18.4. The molecule has 0 saturated carbocycles. The molecule has 5 rings (SSSR count). The molecule has 4 atom stereocenters. The van der Waals surface area contributed by atoms with E-state index in [0.29, 0.717) is 17.5 Å². The predicted octanol–water partition coefficient (Wildman–Crippen LogP) is 2.16. The van der Waals surface area contributed by atoms with Gasteiger partial charge < -0.3 is 4.90 Å².